The molecule has 9 heteroatoms. The first-order chi connectivity index (χ1) is 9.79. The highest BCUT2D eigenvalue weighted by Crippen LogP contribution is 2.24. The molecule has 1 aromatic rings. The minimum atomic E-state index is -3.99. The molecule has 0 fully saturated rings. The van der Waals surface area contributed by atoms with Crippen molar-refractivity contribution in [2.45, 2.75) is 4.90 Å². The zero-order valence-corrected chi connectivity index (χ0v) is 13.2. The quantitative estimate of drug-likeness (QED) is 0.553. The fraction of sp³-hybridized carbons (Fsp3) is 0.250. The molecule has 0 radical (unpaired) electrons. The van der Waals surface area contributed by atoms with Crippen molar-refractivity contribution in [1.82, 2.24) is 4.72 Å². The van der Waals surface area contributed by atoms with E-state index in [0.29, 0.717) is 17.6 Å². The lowest BCUT2D eigenvalue weighted by molar-refractivity contribution is 0.0696. The number of halogens is 2. The Morgan fingerprint density at radius 2 is 2.19 bits per heavy atom. The van der Waals surface area contributed by atoms with Crippen LogP contribution in [-0.4, -0.2) is 37.5 Å². The molecule has 21 heavy (non-hydrogen) atoms. The van der Waals surface area contributed by atoms with Crippen molar-refractivity contribution in [3.8, 4) is 0 Å². The van der Waals surface area contributed by atoms with Crippen LogP contribution >= 0.6 is 23.4 Å². The molecule has 1 rings (SSSR count). The summed E-state index contributed by atoms with van der Waals surface area (Å²) in [6.45, 7) is 3.66. The van der Waals surface area contributed by atoms with Gasteiger partial charge in [0.15, 0.2) is 0 Å². The van der Waals surface area contributed by atoms with E-state index in [4.69, 9.17) is 16.7 Å². The van der Waals surface area contributed by atoms with Crippen LogP contribution in [0.3, 0.4) is 0 Å². The minimum Gasteiger partial charge on any atom is -0.478 e. The van der Waals surface area contributed by atoms with Gasteiger partial charge in [-0.15, -0.1) is 6.58 Å². The second-order valence-electron chi connectivity index (χ2n) is 3.83. The van der Waals surface area contributed by atoms with E-state index in [1.165, 1.54) is 11.8 Å². The van der Waals surface area contributed by atoms with Crippen molar-refractivity contribution >= 4 is 39.4 Å². The van der Waals surface area contributed by atoms with Gasteiger partial charge in [0.05, 0.1) is 15.5 Å². The molecule has 0 unspecified atom stereocenters. The number of hydrogen-bond acceptors (Lipinski definition) is 4. The number of benzene rings is 1. The van der Waals surface area contributed by atoms with Gasteiger partial charge in [-0.05, 0) is 12.1 Å². The molecule has 1 aromatic carbocycles. The SMILES string of the molecule is C=CCSCCNS(=O)(=O)c1cc(F)c(Cl)c(C(=O)O)c1. The maximum absolute atomic E-state index is 13.5. The van der Waals surface area contributed by atoms with E-state index < -0.39 is 37.3 Å². The van der Waals surface area contributed by atoms with Crippen molar-refractivity contribution < 1.29 is 22.7 Å². The molecule has 0 aromatic heterocycles. The van der Waals surface area contributed by atoms with E-state index in [1.807, 2.05) is 0 Å². The fourth-order valence-electron chi connectivity index (χ4n) is 1.37. The smallest absolute Gasteiger partial charge is 0.337 e. The van der Waals surface area contributed by atoms with Crippen molar-refractivity contribution in [3.05, 3.63) is 41.2 Å². The number of carboxylic acids is 1. The zero-order valence-electron chi connectivity index (χ0n) is 10.8. The Balaban J connectivity index is 2.93. The molecule has 0 aliphatic rings. The molecule has 0 atom stereocenters. The molecule has 5 nitrogen and oxygen atoms in total. The summed E-state index contributed by atoms with van der Waals surface area (Å²) < 4.78 is 39.7. The Morgan fingerprint density at radius 1 is 1.52 bits per heavy atom. The predicted molar refractivity (Wildman–Crippen MR) is 81.1 cm³/mol. The first-order valence-electron chi connectivity index (χ1n) is 5.70. The molecule has 0 aliphatic carbocycles. The normalized spacial score (nSPS) is 11.3. The van der Waals surface area contributed by atoms with Crippen LogP contribution in [0.15, 0.2) is 29.7 Å². The van der Waals surface area contributed by atoms with Gasteiger partial charge in [-0.3, -0.25) is 0 Å². The van der Waals surface area contributed by atoms with Crippen LogP contribution in [-0.2, 0) is 10.0 Å². The third-order valence-electron chi connectivity index (χ3n) is 2.32. The Bertz CT molecular complexity index is 649. The maximum Gasteiger partial charge on any atom is 0.337 e. The molecule has 0 heterocycles. The number of thioether (sulfide) groups is 1. The molecule has 0 bridgehead atoms. The molecular weight excluding hydrogens is 341 g/mol. The van der Waals surface area contributed by atoms with Gasteiger partial charge < -0.3 is 5.11 Å². The minimum absolute atomic E-state index is 0.132. The summed E-state index contributed by atoms with van der Waals surface area (Å²) in [7, 11) is -3.99. The van der Waals surface area contributed by atoms with E-state index >= 15 is 0 Å². The predicted octanol–water partition coefficient (Wildman–Crippen LogP) is 2.37. The Kier molecular flexibility index (Phi) is 6.66. The number of nitrogens with one attached hydrogen (secondary N) is 1. The first kappa shape index (κ1) is 18.0. The molecule has 0 aliphatic heterocycles. The number of carboxylic acid groups (broad SMARTS) is 1. The van der Waals surface area contributed by atoms with Crippen LogP contribution in [0.2, 0.25) is 5.02 Å². The number of hydrogen-bond donors (Lipinski definition) is 2. The third-order valence-corrected chi connectivity index (χ3v) is 5.11. The van der Waals surface area contributed by atoms with E-state index in [-0.39, 0.29) is 6.54 Å². The number of rotatable bonds is 8. The first-order valence-corrected chi connectivity index (χ1v) is 8.72. The van der Waals surface area contributed by atoms with Gasteiger partial charge in [0.1, 0.15) is 5.82 Å². The summed E-state index contributed by atoms with van der Waals surface area (Å²) in [5, 5.41) is 8.25. The molecule has 116 valence electrons. The van der Waals surface area contributed by atoms with Crippen LogP contribution in [0.1, 0.15) is 10.4 Å². The monoisotopic (exact) mass is 353 g/mol. The lowest BCUT2D eigenvalue weighted by Gasteiger charge is -2.08. The number of sulfonamides is 1. The van der Waals surface area contributed by atoms with Crippen LogP contribution in [0.4, 0.5) is 4.39 Å². The summed E-state index contributed by atoms with van der Waals surface area (Å²) >= 11 is 6.96. The van der Waals surface area contributed by atoms with E-state index in [0.717, 1.165) is 6.07 Å². The summed E-state index contributed by atoms with van der Waals surface area (Å²) in [6, 6.07) is 1.51. The summed E-state index contributed by atoms with van der Waals surface area (Å²) in [6.07, 6.45) is 1.69. The maximum atomic E-state index is 13.5. The molecule has 0 saturated carbocycles. The number of aromatic carboxylic acids is 1. The average Bonchev–Trinajstić information content (AvgIpc) is 2.40. The molecule has 0 amide bonds. The van der Waals surface area contributed by atoms with Gasteiger partial charge in [-0.1, -0.05) is 17.7 Å². The molecule has 0 spiro atoms. The second kappa shape index (κ2) is 7.79. The van der Waals surface area contributed by atoms with E-state index in [2.05, 4.69) is 11.3 Å². The van der Waals surface area contributed by atoms with Crippen molar-refractivity contribution in [2.24, 2.45) is 0 Å². The van der Waals surface area contributed by atoms with Gasteiger partial charge in [-0.25, -0.2) is 22.3 Å². The van der Waals surface area contributed by atoms with Crippen LogP contribution in [0.25, 0.3) is 0 Å². The second-order valence-corrected chi connectivity index (χ2v) is 7.13. The summed E-state index contributed by atoms with van der Waals surface area (Å²) in [5.74, 6) is -1.41. The average molecular weight is 354 g/mol. The zero-order chi connectivity index (χ0) is 16.0. The highest BCUT2D eigenvalue weighted by atomic mass is 35.5. The molecule has 0 saturated heterocycles. The third kappa shape index (κ3) is 4.99. The van der Waals surface area contributed by atoms with Crippen LogP contribution in [0.5, 0.6) is 0 Å². The van der Waals surface area contributed by atoms with Gasteiger partial charge in [0, 0.05) is 18.1 Å². The summed E-state index contributed by atoms with van der Waals surface area (Å²) in [5.41, 5.74) is -0.599. The lowest BCUT2D eigenvalue weighted by Crippen LogP contribution is -2.26. The van der Waals surface area contributed by atoms with E-state index in [1.54, 1.807) is 6.08 Å². The topological polar surface area (TPSA) is 83.5 Å². The Morgan fingerprint density at radius 3 is 2.76 bits per heavy atom. The fourth-order valence-corrected chi connectivity index (χ4v) is 3.34. The van der Waals surface area contributed by atoms with Crippen molar-refractivity contribution in [2.75, 3.05) is 18.1 Å². The standard InChI is InChI=1S/C12H13ClFNO4S2/c1-2-4-20-5-3-15-21(18,19)8-6-9(12(16)17)11(13)10(14)7-8/h2,6-7,15H,1,3-5H2,(H,16,17). The van der Waals surface area contributed by atoms with Gasteiger partial charge in [0.25, 0.3) is 0 Å². The Labute approximate surface area is 131 Å². The highest BCUT2D eigenvalue weighted by molar-refractivity contribution is 7.99. The molecular formula is C12H13ClFNO4S2. The molecule has 2 N–H and O–H groups in total. The lowest BCUT2D eigenvalue weighted by atomic mass is 10.2. The largest absolute Gasteiger partial charge is 0.478 e. The van der Waals surface area contributed by atoms with Gasteiger partial charge in [-0.2, -0.15) is 11.8 Å². The highest BCUT2D eigenvalue weighted by Gasteiger charge is 2.21. The van der Waals surface area contributed by atoms with E-state index in [9.17, 15) is 17.6 Å². The van der Waals surface area contributed by atoms with Gasteiger partial charge >= 0.3 is 5.97 Å². The van der Waals surface area contributed by atoms with Crippen molar-refractivity contribution in [1.29, 1.82) is 0 Å². The Hall–Kier alpha value is -1.09. The van der Waals surface area contributed by atoms with Gasteiger partial charge in [0.2, 0.25) is 10.0 Å². The van der Waals surface area contributed by atoms with Crippen LogP contribution < -0.4 is 4.72 Å². The van der Waals surface area contributed by atoms with Crippen LogP contribution in [0, 0.1) is 5.82 Å². The number of carbonyl (C=O) groups is 1. The summed E-state index contributed by atoms with van der Waals surface area (Å²) in [4.78, 5) is 10.4. The van der Waals surface area contributed by atoms with Crippen molar-refractivity contribution in [3.63, 3.8) is 0 Å².